The summed E-state index contributed by atoms with van der Waals surface area (Å²) < 4.78 is 0.794. The molecule has 11 heavy (non-hydrogen) atoms. The lowest BCUT2D eigenvalue weighted by atomic mass is 10.3. The summed E-state index contributed by atoms with van der Waals surface area (Å²) in [6.45, 7) is 1.69. The van der Waals surface area contributed by atoms with Gasteiger partial charge >= 0.3 is 5.69 Å². The predicted molar refractivity (Wildman–Crippen MR) is 34.9 cm³/mol. The van der Waals surface area contributed by atoms with Crippen molar-refractivity contribution in [1.82, 2.24) is 9.71 Å². The van der Waals surface area contributed by atoms with E-state index in [1.54, 1.807) is 6.92 Å². The Morgan fingerprint density at radius 2 is 2.36 bits per heavy atom. The maximum absolute atomic E-state index is 10.8. The van der Waals surface area contributed by atoms with Gasteiger partial charge in [0.25, 0.3) is 5.88 Å². The van der Waals surface area contributed by atoms with Crippen molar-refractivity contribution in [3.8, 4) is 5.88 Å². The van der Waals surface area contributed by atoms with Crippen molar-refractivity contribution in [2.75, 3.05) is 5.73 Å². The second kappa shape index (κ2) is 1.66. The lowest BCUT2D eigenvalue weighted by Crippen LogP contribution is -2.39. The lowest BCUT2D eigenvalue weighted by molar-refractivity contribution is -0.227. The van der Waals surface area contributed by atoms with E-state index in [1.807, 2.05) is 0 Å². The monoisotopic (exact) mass is 155 g/mol. The van der Waals surface area contributed by atoms with Crippen molar-refractivity contribution in [2.24, 2.45) is 0 Å². The Kier molecular flexibility index (Phi) is 0.906. The van der Waals surface area contributed by atoms with Crippen LogP contribution in [0.5, 0.6) is 5.88 Å². The number of hydrogen-bond acceptors (Lipinski definition) is 5. The minimum atomic E-state index is -0.561. The average molecular weight is 155 g/mol. The van der Waals surface area contributed by atoms with Crippen LogP contribution in [0.25, 0.3) is 0 Å². The second-order valence-electron chi connectivity index (χ2n) is 2.16. The molecule has 6 nitrogen and oxygen atoms in total. The highest BCUT2D eigenvalue weighted by molar-refractivity contribution is 5.44. The van der Waals surface area contributed by atoms with E-state index < -0.39 is 5.69 Å². The van der Waals surface area contributed by atoms with Gasteiger partial charge in [-0.2, -0.15) is 4.99 Å². The molecule has 58 valence electrons. The van der Waals surface area contributed by atoms with E-state index >= 15 is 0 Å². The van der Waals surface area contributed by atoms with Gasteiger partial charge in [-0.3, -0.25) is 0 Å². The van der Waals surface area contributed by atoms with Crippen molar-refractivity contribution in [3.05, 3.63) is 16.0 Å². The highest BCUT2D eigenvalue weighted by Gasteiger charge is 2.21. The molecule has 1 aromatic heterocycles. The number of nitrogen functional groups attached to an aromatic ring is 1. The van der Waals surface area contributed by atoms with Crippen LogP contribution in [0.2, 0.25) is 0 Å². The molecule has 2 N–H and O–H groups in total. The third kappa shape index (κ3) is 0.603. The molecule has 3 rings (SSSR count). The van der Waals surface area contributed by atoms with Crippen LogP contribution >= 0.6 is 0 Å². The Labute approximate surface area is 61.1 Å². The molecule has 2 aliphatic rings. The molecule has 2 aliphatic heterocycles. The standard InChI is InChI=1S/C5H5N3O3/c1-2-3(6)8-5(9)7-4(2)10-11-8/h6H2,1H3. The Morgan fingerprint density at radius 1 is 1.64 bits per heavy atom. The smallest absolute Gasteiger partial charge is 0.382 e. The first-order valence-corrected chi connectivity index (χ1v) is 2.94. The van der Waals surface area contributed by atoms with E-state index in [0.717, 1.165) is 4.73 Å². The molecule has 3 heterocycles. The zero-order chi connectivity index (χ0) is 8.01. The number of anilines is 1. The topological polar surface area (TPSA) is 79.4 Å². The Morgan fingerprint density at radius 3 is 2.82 bits per heavy atom. The van der Waals surface area contributed by atoms with Gasteiger partial charge in [-0.1, -0.05) is 4.73 Å². The van der Waals surface area contributed by atoms with E-state index in [1.165, 1.54) is 0 Å². The zero-order valence-electron chi connectivity index (χ0n) is 5.70. The zero-order valence-corrected chi connectivity index (χ0v) is 5.70. The van der Waals surface area contributed by atoms with Crippen molar-refractivity contribution < 1.29 is 9.88 Å². The van der Waals surface area contributed by atoms with E-state index in [9.17, 15) is 4.79 Å². The summed E-state index contributed by atoms with van der Waals surface area (Å²) in [5.74, 6) is 0.362. The fourth-order valence-electron chi connectivity index (χ4n) is 0.807. The Balaban J connectivity index is 2.89. The average Bonchev–Trinajstić information content (AvgIpc) is 1.99. The van der Waals surface area contributed by atoms with Gasteiger partial charge < -0.3 is 5.73 Å². The van der Waals surface area contributed by atoms with Gasteiger partial charge in [0.2, 0.25) is 0 Å². The first kappa shape index (κ1) is 6.02. The van der Waals surface area contributed by atoms with Gasteiger partial charge in [0.1, 0.15) is 0 Å². The SMILES string of the molecule is Cc1c2nc(=O)n(c1N)OO2. The number of rotatable bonds is 0. The van der Waals surface area contributed by atoms with Gasteiger partial charge in [0.15, 0.2) is 5.82 Å². The first-order valence-electron chi connectivity index (χ1n) is 2.94. The molecule has 0 unspecified atom stereocenters. The third-order valence-corrected chi connectivity index (χ3v) is 1.49. The molecule has 0 saturated carbocycles. The maximum Gasteiger partial charge on any atom is 0.389 e. The van der Waals surface area contributed by atoms with Crippen LogP contribution in [0.15, 0.2) is 4.79 Å². The first-order chi connectivity index (χ1) is 5.20. The van der Waals surface area contributed by atoms with Crippen LogP contribution in [0.3, 0.4) is 0 Å². The quantitative estimate of drug-likeness (QED) is 0.479. The summed E-state index contributed by atoms with van der Waals surface area (Å²) in [7, 11) is 0. The summed E-state index contributed by atoms with van der Waals surface area (Å²) in [6, 6.07) is 0. The number of nitrogens with zero attached hydrogens (tertiary/aromatic N) is 2. The van der Waals surface area contributed by atoms with Crippen LogP contribution in [-0.4, -0.2) is 9.71 Å². The molecule has 6 heteroatoms. The van der Waals surface area contributed by atoms with Gasteiger partial charge in [0.05, 0.1) is 5.56 Å². The molecule has 0 amide bonds. The molecule has 2 bridgehead atoms. The molecule has 0 aliphatic carbocycles. The number of hydrogen-bond donors (Lipinski definition) is 1. The molecule has 0 aromatic carbocycles. The van der Waals surface area contributed by atoms with E-state index in [2.05, 4.69) is 14.9 Å². The van der Waals surface area contributed by atoms with Crippen LogP contribution in [0.1, 0.15) is 5.56 Å². The van der Waals surface area contributed by atoms with Gasteiger partial charge in [-0.25, -0.2) is 9.68 Å². The summed E-state index contributed by atoms with van der Waals surface area (Å²) in [5, 5.41) is 0. The second-order valence-corrected chi connectivity index (χ2v) is 2.16. The van der Waals surface area contributed by atoms with Crippen LogP contribution in [0, 0.1) is 6.92 Å². The molecular weight excluding hydrogens is 150 g/mol. The fourth-order valence-corrected chi connectivity index (χ4v) is 0.807. The molecule has 1 aromatic rings. The lowest BCUT2D eigenvalue weighted by Gasteiger charge is -2.16. The fraction of sp³-hybridized carbons (Fsp3) is 0.200. The maximum atomic E-state index is 10.8. The highest BCUT2D eigenvalue weighted by atomic mass is 17.3. The number of nitrogens with two attached hydrogens (primary N) is 1. The number of fused-ring (bicyclic) bond motifs is 3. The van der Waals surface area contributed by atoms with Crippen LogP contribution < -0.4 is 21.3 Å². The molecule has 0 saturated heterocycles. The van der Waals surface area contributed by atoms with Crippen molar-refractivity contribution >= 4 is 5.82 Å². The van der Waals surface area contributed by atoms with E-state index in [4.69, 9.17) is 5.73 Å². The summed E-state index contributed by atoms with van der Waals surface area (Å²) in [6.07, 6.45) is 0. The molecule has 0 spiro atoms. The third-order valence-electron chi connectivity index (χ3n) is 1.49. The van der Waals surface area contributed by atoms with Gasteiger partial charge in [-0.05, 0) is 6.92 Å². The van der Waals surface area contributed by atoms with E-state index in [0.29, 0.717) is 5.56 Å². The van der Waals surface area contributed by atoms with Crippen LogP contribution in [-0.2, 0) is 0 Å². The predicted octanol–water partition coefficient (Wildman–Crippen LogP) is -1.13. The summed E-state index contributed by atoms with van der Waals surface area (Å²) in [5.41, 5.74) is 5.50. The molecule has 0 atom stereocenters. The summed E-state index contributed by atoms with van der Waals surface area (Å²) in [4.78, 5) is 23.3. The summed E-state index contributed by atoms with van der Waals surface area (Å²) >= 11 is 0. The normalized spacial score (nSPS) is 12.5. The largest absolute Gasteiger partial charge is 0.389 e. The highest BCUT2D eigenvalue weighted by Crippen LogP contribution is 2.20. The van der Waals surface area contributed by atoms with Gasteiger partial charge in [-0.15, -0.1) is 4.98 Å². The van der Waals surface area contributed by atoms with Crippen molar-refractivity contribution in [1.29, 1.82) is 0 Å². The Hall–Kier alpha value is -1.72. The van der Waals surface area contributed by atoms with E-state index in [-0.39, 0.29) is 11.7 Å². The van der Waals surface area contributed by atoms with Crippen molar-refractivity contribution in [2.45, 2.75) is 6.92 Å². The van der Waals surface area contributed by atoms with Crippen LogP contribution in [0.4, 0.5) is 5.82 Å². The van der Waals surface area contributed by atoms with Gasteiger partial charge in [0, 0.05) is 0 Å². The molecule has 0 radical (unpaired) electrons. The minimum absolute atomic E-state index is 0.134. The van der Waals surface area contributed by atoms with Crippen molar-refractivity contribution in [3.63, 3.8) is 0 Å². The minimum Gasteiger partial charge on any atom is -0.382 e. The Bertz CT molecular complexity index is 370. The molecular formula is C5H5N3O3. The number of aromatic nitrogens is 2. The molecule has 0 fully saturated rings.